The molecule has 3 aromatic rings. The van der Waals surface area contributed by atoms with Crippen LogP contribution in [0.4, 0.5) is 4.39 Å². The van der Waals surface area contributed by atoms with Gasteiger partial charge in [0.15, 0.2) is 0 Å². The number of likely N-dealkylation sites (tertiary alicyclic amines) is 1. The average Bonchev–Trinajstić information content (AvgIpc) is 3.36. The molecule has 172 valence electrons. The van der Waals surface area contributed by atoms with Crippen molar-refractivity contribution in [3.63, 3.8) is 0 Å². The molecule has 2 atom stereocenters. The Morgan fingerprint density at radius 3 is 2.42 bits per heavy atom. The number of benzene rings is 3. The molecule has 1 saturated heterocycles. The van der Waals surface area contributed by atoms with Crippen molar-refractivity contribution in [2.45, 2.75) is 31.1 Å². The van der Waals surface area contributed by atoms with Crippen LogP contribution in [0.5, 0.6) is 17.2 Å². The standard InChI is InChI=1S/C28H30FNO3/c29-22-8-4-20(5-9-22)26-19-33-27-18-23(31)10-13-25(27)28(26)21-6-11-24(12-7-21)32-17-3-16-30-14-1-2-15-30/h4-13,18,26,28,31H,1-3,14-17,19H2/t26-,28-/m1/s1. The number of nitrogens with zero attached hydrogens (tertiary/aromatic N) is 1. The number of phenolic OH excluding ortho intramolecular Hbond substituents is 1. The van der Waals surface area contributed by atoms with E-state index in [9.17, 15) is 9.50 Å². The van der Waals surface area contributed by atoms with E-state index in [-0.39, 0.29) is 23.4 Å². The number of halogens is 1. The highest BCUT2D eigenvalue weighted by atomic mass is 19.1. The van der Waals surface area contributed by atoms with Gasteiger partial charge in [-0.25, -0.2) is 4.39 Å². The lowest BCUT2D eigenvalue weighted by molar-refractivity contribution is 0.247. The highest BCUT2D eigenvalue weighted by molar-refractivity contribution is 5.50. The fourth-order valence-corrected chi connectivity index (χ4v) is 5.06. The number of phenols is 1. The van der Waals surface area contributed by atoms with Gasteiger partial charge < -0.3 is 19.5 Å². The molecule has 4 nitrogen and oxygen atoms in total. The predicted octanol–water partition coefficient (Wildman–Crippen LogP) is 5.70. The highest BCUT2D eigenvalue weighted by Crippen LogP contribution is 2.47. The number of ether oxygens (including phenoxy) is 2. The minimum atomic E-state index is -0.247. The second-order valence-corrected chi connectivity index (χ2v) is 8.99. The first kappa shape index (κ1) is 21.8. The van der Waals surface area contributed by atoms with Gasteiger partial charge >= 0.3 is 0 Å². The van der Waals surface area contributed by atoms with Crippen LogP contribution in [0.1, 0.15) is 47.8 Å². The van der Waals surface area contributed by atoms with Crippen LogP contribution in [0.2, 0.25) is 0 Å². The molecule has 0 aromatic heterocycles. The molecular weight excluding hydrogens is 417 g/mol. The third-order valence-corrected chi connectivity index (χ3v) is 6.78. The fourth-order valence-electron chi connectivity index (χ4n) is 5.06. The van der Waals surface area contributed by atoms with Crippen LogP contribution in [0.15, 0.2) is 66.7 Å². The van der Waals surface area contributed by atoms with Crippen LogP contribution in [-0.4, -0.2) is 42.9 Å². The first-order valence-electron chi connectivity index (χ1n) is 11.8. The van der Waals surface area contributed by atoms with Gasteiger partial charge in [-0.1, -0.05) is 30.3 Å². The van der Waals surface area contributed by atoms with Gasteiger partial charge in [-0.05, 0) is 73.8 Å². The largest absolute Gasteiger partial charge is 0.508 e. The van der Waals surface area contributed by atoms with Crippen LogP contribution in [0.25, 0.3) is 0 Å². The van der Waals surface area contributed by atoms with E-state index in [4.69, 9.17) is 9.47 Å². The normalized spacial score (nSPS) is 20.3. The zero-order chi connectivity index (χ0) is 22.6. The van der Waals surface area contributed by atoms with Crippen molar-refractivity contribution >= 4 is 0 Å². The van der Waals surface area contributed by atoms with Gasteiger partial charge in [-0.15, -0.1) is 0 Å². The second-order valence-electron chi connectivity index (χ2n) is 8.99. The summed E-state index contributed by atoms with van der Waals surface area (Å²) in [6.07, 6.45) is 3.66. The van der Waals surface area contributed by atoms with Gasteiger partial charge in [0, 0.05) is 30.0 Å². The number of hydrogen-bond donors (Lipinski definition) is 1. The molecule has 5 rings (SSSR count). The summed E-state index contributed by atoms with van der Waals surface area (Å²) < 4.78 is 25.5. The van der Waals surface area contributed by atoms with Crippen molar-refractivity contribution in [2.75, 3.05) is 32.8 Å². The average molecular weight is 448 g/mol. The fraction of sp³-hybridized carbons (Fsp3) is 0.357. The van der Waals surface area contributed by atoms with Gasteiger partial charge in [-0.2, -0.15) is 0 Å². The van der Waals surface area contributed by atoms with Crippen molar-refractivity contribution < 1.29 is 19.0 Å². The molecule has 0 radical (unpaired) electrons. The maximum Gasteiger partial charge on any atom is 0.126 e. The van der Waals surface area contributed by atoms with E-state index < -0.39 is 0 Å². The van der Waals surface area contributed by atoms with Crippen molar-refractivity contribution in [1.29, 1.82) is 0 Å². The van der Waals surface area contributed by atoms with E-state index >= 15 is 0 Å². The Bertz CT molecular complexity index is 1060. The van der Waals surface area contributed by atoms with Crippen molar-refractivity contribution in [1.82, 2.24) is 4.90 Å². The molecule has 3 aromatic carbocycles. The van der Waals surface area contributed by atoms with Crippen molar-refractivity contribution in [3.8, 4) is 17.2 Å². The van der Waals surface area contributed by atoms with E-state index in [1.54, 1.807) is 12.1 Å². The predicted molar refractivity (Wildman–Crippen MR) is 127 cm³/mol. The maximum absolute atomic E-state index is 13.5. The lowest BCUT2D eigenvalue weighted by Crippen LogP contribution is -2.25. The topological polar surface area (TPSA) is 41.9 Å². The lowest BCUT2D eigenvalue weighted by atomic mass is 9.76. The van der Waals surface area contributed by atoms with E-state index in [0.29, 0.717) is 19.0 Å². The number of rotatable bonds is 7. The van der Waals surface area contributed by atoms with Crippen LogP contribution in [0, 0.1) is 5.82 Å². The third-order valence-electron chi connectivity index (χ3n) is 6.78. The summed E-state index contributed by atoms with van der Waals surface area (Å²) >= 11 is 0. The molecule has 0 amide bonds. The van der Waals surface area contributed by atoms with Crippen LogP contribution >= 0.6 is 0 Å². The van der Waals surface area contributed by atoms with Crippen molar-refractivity contribution in [2.24, 2.45) is 0 Å². The Balaban J connectivity index is 1.34. The molecule has 33 heavy (non-hydrogen) atoms. The summed E-state index contributed by atoms with van der Waals surface area (Å²) in [7, 11) is 0. The Morgan fingerprint density at radius 2 is 1.67 bits per heavy atom. The van der Waals surface area contributed by atoms with E-state index in [0.717, 1.165) is 35.4 Å². The smallest absolute Gasteiger partial charge is 0.126 e. The van der Waals surface area contributed by atoms with Crippen molar-refractivity contribution in [3.05, 3.63) is 89.2 Å². The number of fused-ring (bicyclic) bond motifs is 1. The van der Waals surface area contributed by atoms with E-state index in [1.165, 1.54) is 38.1 Å². The van der Waals surface area contributed by atoms with Gasteiger partial charge in [0.1, 0.15) is 23.1 Å². The van der Waals surface area contributed by atoms with Gasteiger partial charge in [0.25, 0.3) is 0 Å². The molecule has 0 unspecified atom stereocenters. The Labute approximate surface area is 194 Å². The molecular formula is C28H30FNO3. The number of hydrogen-bond acceptors (Lipinski definition) is 4. The molecule has 2 aliphatic heterocycles. The van der Waals surface area contributed by atoms with Crippen LogP contribution < -0.4 is 9.47 Å². The first-order valence-corrected chi connectivity index (χ1v) is 11.8. The van der Waals surface area contributed by atoms with Crippen LogP contribution in [-0.2, 0) is 0 Å². The summed E-state index contributed by atoms with van der Waals surface area (Å²) in [5, 5.41) is 9.93. The summed E-state index contributed by atoms with van der Waals surface area (Å²) in [5.74, 6) is 1.57. The molecule has 2 heterocycles. The third kappa shape index (κ3) is 4.98. The number of aromatic hydroxyl groups is 1. The Morgan fingerprint density at radius 1 is 0.939 bits per heavy atom. The summed E-state index contributed by atoms with van der Waals surface area (Å²) in [4.78, 5) is 2.50. The minimum absolute atomic E-state index is 0.0315. The quantitative estimate of drug-likeness (QED) is 0.472. The van der Waals surface area contributed by atoms with E-state index in [1.807, 2.05) is 30.3 Å². The molecule has 0 spiro atoms. The zero-order valence-corrected chi connectivity index (χ0v) is 18.8. The summed E-state index contributed by atoms with van der Waals surface area (Å²) in [6.45, 7) is 4.71. The molecule has 1 fully saturated rings. The molecule has 0 aliphatic carbocycles. The molecule has 1 N–H and O–H groups in total. The first-order chi connectivity index (χ1) is 16.2. The lowest BCUT2D eigenvalue weighted by Gasteiger charge is -2.34. The maximum atomic E-state index is 13.5. The summed E-state index contributed by atoms with van der Waals surface area (Å²) in [5.41, 5.74) is 3.19. The molecule has 2 aliphatic rings. The van der Waals surface area contributed by atoms with Gasteiger partial charge in [-0.3, -0.25) is 0 Å². The Hall–Kier alpha value is -3.05. The van der Waals surface area contributed by atoms with E-state index in [2.05, 4.69) is 17.0 Å². The SMILES string of the molecule is Oc1ccc2c(c1)OC[C@H](c1ccc(F)cc1)[C@@H]2c1ccc(OCCCN2CCCC2)cc1. The van der Waals surface area contributed by atoms with Crippen LogP contribution in [0.3, 0.4) is 0 Å². The highest BCUT2D eigenvalue weighted by Gasteiger charge is 2.33. The molecule has 5 heteroatoms. The second kappa shape index (κ2) is 9.84. The molecule has 0 bridgehead atoms. The summed E-state index contributed by atoms with van der Waals surface area (Å²) in [6, 6.07) is 20.2. The Kier molecular flexibility index (Phi) is 6.49. The monoisotopic (exact) mass is 447 g/mol. The van der Waals surface area contributed by atoms with Gasteiger partial charge in [0.05, 0.1) is 13.2 Å². The minimum Gasteiger partial charge on any atom is -0.508 e. The van der Waals surface area contributed by atoms with Gasteiger partial charge in [0.2, 0.25) is 0 Å². The molecule has 0 saturated carbocycles. The zero-order valence-electron chi connectivity index (χ0n) is 18.8.